The van der Waals surface area contributed by atoms with Gasteiger partial charge in [-0.3, -0.25) is 10.1 Å². The van der Waals surface area contributed by atoms with Crippen molar-refractivity contribution >= 4 is 11.6 Å². The van der Waals surface area contributed by atoms with Crippen LogP contribution in [0.2, 0.25) is 5.02 Å². The zero-order chi connectivity index (χ0) is 12.0. The van der Waals surface area contributed by atoms with Crippen LogP contribution in [0.5, 0.6) is 0 Å². The van der Waals surface area contributed by atoms with Crippen LogP contribution in [0.3, 0.4) is 0 Å². The summed E-state index contributed by atoms with van der Waals surface area (Å²) in [5.41, 5.74) is 6.40. The van der Waals surface area contributed by atoms with Crippen molar-refractivity contribution in [3.8, 4) is 0 Å². The number of nitrogens with two attached hydrogens (primary N) is 1. The topological polar surface area (TPSA) is 81.2 Å². The quantitative estimate of drug-likeness (QED) is 0.605. The van der Waals surface area contributed by atoms with E-state index in [9.17, 15) is 10.1 Å². The third-order valence-corrected chi connectivity index (χ3v) is 2.11. The van der Waals surface area contributed by atoms with E-state index < -0.39 is 4.92 Å². The summed E-state index contributed by atoms with van der Waals surface area (Å²) in [6.45, 7) is 0.524. The third-order valence-electron chi connectivity index (χ3n) is 1.88. The van der Waals surface area contributed by atoms with Gasteiger partial charge in [-0.05, 0) is 24.1 Å². The van der Waals surface area contributed by atoms with Gasteiger partial charge < -0.3 is 11.1 Å². The Morgan fingerprint density at radius 1 is 1.62 bits per heavy atom. The second kappa shape index (κ2) is 5.97. The predicted molar refractivity (Wildman–Crippen MR) is 62.4 cm³/mol. The molecule has 16 heavy (non-hydrogen) atoms. The maximum atomic E-state index is 10.1. The fraction of sp³-hybridized carbons (Fsp3) is 0.200. The van der Waals surface area contributed by atoms with Gasteiger partial charge in [0, 0.05) is 11.6 Å². The first-order valence-electron chi connectivity index (χ1n) is 4.67. The average Bonchev–Trinajstić information content (AvgIpc) is 2.16. The molecule has 6 heteroatoms. The summed E-state index contributed by atoms with van der Waals surface area (Å²) < 4.78 is 0. The zero-order valence-corrected chi connectivity index (χ0v) is 9.28. The molecule has 3 N–H and O–H groups in total. The number of rotatable bonds is 5. The summed E-state index contributed by atoms with van der Waals surface area (Å²) in [6, 6.07) is 7.42. The SMILES string of the molecule is N/C(=C\[N+](=O)[O-])NCCc1cccc(Cl)c1. The van der Waals surface area contributed by atoms with Crippen molar-refractivity contribution in [3.63, 3.8) is 0 Å². The molecule has 5 nitrogen and oxygen atoms in total. The Balaban J connectivity index is 2.39. The molecule has 0 amide bonds. The molecule has 1 rings (SSSR count). The van der Waals surface area contributed by atoms with Crippen LogP contribution in [0, 0.1) is 10.1 Å². The van der Waals surface area contributed by atoms with E-state index in [2.05, 4.69) is 5.32 Å². The number of hydrogen-bond donors (Lipinski definition) is 2. The molecule has 0 aliphatic heterocycles. The molecule has 1 aromatic rings. The van der Waals surface area contributed by atoms with E-state index in [0.29, 0.717) is 18.0 Å². The summed E-state index contributed by atoms with van der Waals surface area (Å²) >= 11 is 5.81. The number of nitro groups is 1. The molecule has 0 heterocycles. The first-order chi connectivity index (χ1) is 7.58. The van der Waals surface area contributed by atoms with Gasteiger partial charge in [0.25, 0.3) is 6.20 Å². The van der Waals surface area contributed by atoms with E-state index in [-0.39, 0.29) is 5.82 Å². The highest BCUT2D eigenvalue weighted by atomic mass is 35.5. The van der Waals surface area contributed by atoms with E-state index >= 15 is 0 Å². The van der Waals surface area contributed by atoms with Gasteiger partial charge in [0.15, 0.2) is 5.82 Å². The standard InChI is InChI=1S/C10H12ClN3O2/c11-9-3-1-2-8(6-9)4-5-13-10(12)7-14(15)16/h1-3,6-7,13H,4-5,12H2/b10-7+. The van der Waals surface area contributed by atoms with Crippen molar-refractivity contribution in [3.05, 3.63) is 57.0 Å². The first kappa shape index (κ1) is 12.3. The fourth-order valence-electron chi connectivity index (χ4n) is 1.20. The summed E-state index contributed by atoms with van der Waals surface area (Å²) in [5, 5.41) is 13.5. The highest BCUT2D eigenvalue weighted by Crippen LogP contribution is 2.10. The number of nitrogens with one attached hydrogen (secondary N) is 1. The van der Waals surface area contributed by atoms with Crippen molar-refractivity contribution in [1.82, 2.24) is 5.32 Å². The molecule has 0 unspecified atom stereocenters. The van der Waals surface area contributed by atoms with E-state index in [1.54, 1.807) is 6.07 Å². The van der Waals surface area contributed by atoms with Gasteiger partial charge in [-0.25, -0.2) is 0 Å². The molecule has 0 bridgehead atoms. The van der Waals surface area contributed by atoms with Crippen LogP contribution in [0.1, 0.15) is 5.56 Å². The molecular formula is C10H12ClN3O2. The second-order valence-electron chi connectivity index (χ2n) is 3.18. The molecular weight excluding hydrogens is 230 g/mol. The number of hydrogen-bond acceptors (Lipinski definition) is 4. The van der Waals surface area contributed by atoms with Gasteiger partial charge in [0.1, 0.15) is 0 Å². The maximum Gasteiger partial charge on any atom is 0.273 e. The van der Waals surface area contributed by atoms with E-state index in [4.69, 9.17) is 17.3 Å². The van der Waals surface area contributed by atoms with Crippen LogP contribution < -0.4 is 11.1 Å². The van der Waals surface area contributed by atoms with Crippen LogP contribution in [-0.4, -0.2) is 11.5 Å². The monoisotopic (exact) mass is 241 g/mol. The largest absolute Gasteiger partial charge is 0.380 e. The average molecular weight is 242 g/mol. The van der Waals surface area contributed by atoms with Gasteiger partial charge >= 0.3 is 0 Å². The minimum Gasteiger partial charge on any atom is -0.380 e. The van der Waals surface area contributed by atoms with Crippen LogP contribution in [0.25, 0.3) is 0 Å². The Hall–Kier alpha value is -1.75. The molecule has 0 radical (unpaired) electrons. The van der Waals surface area contributed by atoms with Crippen LogP contribution in [0.4, 0.5) is 0 Å². The first-order valence-corrected chi connectivity index (χ1v) is 5.05. The Bertz CT molecular complexity index is 407. The van der Waals surface area contributed by atoms with Gasteiger partial charge in [-0.1, -0.05) is 23.7 Å². The Kier molecular flexibility index (Phi) is 4.60. The zero-order valence-electron chi connectivity index (χ0n) is 8.52. The van der Waals surface area contributed by atoms with Crippen molar-refractivity contribution in [2.24, 2.45) is 5.73 Å². The molecule has 0 atom stereocenters. The molecule has 0 spiro atoms. The number of nitrogens with zero attached hydrogens (tertiary/aromatic N) is 1. The van der Waals surface area contributed by atoms with Crippen LogP contribution >= 0.6 is 11.6 Å². The Morgan fingerprint density at radius 3 is 3.00 bits per heavy atom. The Morgan fingerprint density at radius 2 is 2.38 bits per heavy atom. The van der Waals surface area contributed by atoms with E-state index in [0.717, 1.165) is 11.8 Å². The van der Waals surface area contributed by atoms with Crippen molar-refractivity contribution in [2.45, 2.75) is 6.42 Å². The van der Waals surface area contributed by atoms with E-state index in [1.165, 1.54) is 0 Å². The lowest BCUT2D eigenvalue weighted by Crippen LogP contribution is -2.23. The van der Waals surface area contributed by atoms with Gasteiger partial charge in [-0.15, -0.1) is 0 Å². The van der Waals surface area contributed by atoms with E-state index in [1.807, 2.05) is 18.2 Å². The molecule has 0 aromatic heterocycles. The molecule has 86 valence electrons. The summed E-state index contributed by atoms with van der Waals surface area (Å²) in [5.74, 6) is 0.0482. The number of halogens is 1. The molecule has 0 saturated carbocycles. The third kappa shape index (κ3) is 4.65. The highest BCUT2D eigenvalue weighted by molar-refractivity contribution is 6.30. The van der Waals surface area contributed by atoms with Crippen molar-refractivity contribution < 1.29 is 4.92 Å². The Labute approximate surface area is 98.0 Å². The van der Waals surface area contributed by atoms with Crippen molar-refractivity contribution in [2.75, 3.05) is 6.54 Å². The number of benzene rings is 1. The molecule has 1 aromatic carbocycles. The molecule has 0 aliphatic carbocycles. The molecule has 0 fully saturated rings. The minimum atomic E-state index is -0.596. The lowest BCUT2D eigenvalue weighted by Gasteiger charge is -2.04. The lowest BCUT2D eigenvalue weighted by molar-refractivity contribution is -0.403. The van der Waals surface area contributed by atoms with Crippen molar-refractivity contribution in [1.29, 1.82) is 0 Å². The van der Waals surface area contributed by atoms with Crippen LogP contribution in [0.15, 0.2) is 36.3 Å². The minimum absolute atomic E-state index is 0.0482. The fourth-order valence-corrected chi connectivity index (χ4v) is 1.42. The summed E-state index contributed by atoms with van der Waals surface area (Å²) in [7, 11) is 0. The van der Waals surface area contributed by atoms with Gasteiger partial charge in [0.05, 0.1) is 4.92 Å². The summed E-state index contributed by atoms with van der Waals surface area (Å²) in [4.78, 5) is 9.48. The molecule has 0 aliphatic rings. The second-order valence-corrected chi connectivity index (χ2v) is 3.61. The highest BCUT2D eigenvalue weighted by Gasteiger charge is 1.97. The van der Waals surface area contributed by atoms with Crippen LogP contribution in [-0.2, 0) is 6.42 Å². The van der Waals surface area contributed by atoms with Gasteiger partial charge in [-0.2, -0.15) is 0 Å². The summed E-state index contributed by atoms with van der Waals surface area (Å²) in [6.07, 6.45) is 1.44. The van der Waals surface area contributed by atoms with Gasteiger partial charge in [0.2, 0.25) is 0 Å². The predicted octanol–water partition coefficient (Wildman–Crippen LogP) is 1.51. The lowest BCUT2D eigenvalue weighted by atomic mass is 10.1. The molecule has 0 saturated heterocycles. The normalized spacial score (nSPS) is 11.2. The smallest absolute Gasteiger partial charge is 0.273 e. The maximum absolute atomic E-state index is 10.1.